The van der Waals surface area contributed by atoms with Crippen molar-refractivity contribution in [1.29, 1.82) is 0 Å². The molecule has 0 fully saturated rings. The zero-order valence-corrected chi connectivity index (χ0v) is 10.2. The van der Waals surface area contributed by atoms with Crippen molar-refractivity contribution < 1.29 is 9.13 Å². The van der Waals surface area contributed by atoms with Gasteiger partial charge in [0.2, 0.25) is 0 Å². The highest BCUT2D eigenvalue weighted by molar-refractivity contribution is 5.46. The van der Waals surface area contributed by atoms with Crippen molar-refractivity contribution in [2.75, 3.05) is 32.2 Å². The van der Waals surface area contributed by atoms with E-state index < -0.39 is 6.17 Å². The van der Waals surface area contributed by atoms with Crippen molar-refractivity contribution in [3.63, 3.8) is 0 Å². The van der Waals surface area contributed by atoms with Gasteiger partial charge in [0.05, 0.1) is 6.61 Å². The fourth-order valence-corrected chi connectivity index (χ4v) is 1.39. The summed E-state index contributed by atoms with van der Waals surface area (Å²) in [5.41, 5.74) is 0.518. The number of aromatic nitrogens is 2. The van der Waals surface area contributed by atoms with E-state index in [1.54, 1.807) is 20.2 Å². The predicted molar refractivity (Wildman–Crippen MR) is 61.4 cm³/mol. The first-order valence-corrected chi connectivity index (χ1v) is 5.24. The molecule has 1 atom stereocenters. The van der Waals surface area contributed by atoms with Gasteiger partial charge in [-0.1, -0.05) is 0 Å². The Morgan fingerprint density at radius 2 is 2.25 bits per heavy atom. The third-order valence-electron chi connectivity index (χ3n) is 2.34. The molecule has 1 aromatic heterocycles. The number of halogens is 1. The number of hydrogen-bond acceptors (Lipinski definition) is 4. The maximum atomic E-state index is 13.4. The summed E-state index contributed by atoms with van der Waals surface area (Å²) >= 11 is 0. The van der Waals surface area contributed by atoms with Gasteiger partial charge in [-0.15, -0.1) is 0 Å². The third-order valence-corrected chi connectivity index (χ3v) is 2.34. The summed E-state index contributed by atoms with van der Waals surface area (Å²) < 4.78 is 18.4. The number of hydrogen-bond donors (Lipinski definition) is 0. The Hall–Kier alpha value is -1.23. The van der Waals surface area contributed by atoms with Gasteiger partial charge in [-0.2, -0.15) is 0 Å². The largest absolute Gasteiger partial charge is 0.383 e. The van der Waals surface area contributed by atoms with Gasteiger partial charge in [-0.25, -0.2) is 14.4 Å². The number of rotatable bonds is 5. The van der Waals surface area contributed by atoms with E-state index in [1.165, 1.54) is 6.92 Å². The van der Waals surface area contributed by atoms with Crippen molar-refractivity contribution >= 4 is 5.82 Å². The van der Waals surface area contributed by atoms with Crippen molar-refractivity contribution in [1.82, 2.24) is 9.97 Å². The normalized spacial score (nSPS) is 12.6. The third kappa shape index (κ3) is 3.13. The van der Waals surface area contributed by atoms with Crippen LogP contribution in [0.3, 0.4) is 0 Å². The van der Waals surface area contributed by atoms with Crippen LogP contribution in [-0.2, 0) is 4.74 Å². The van der Waals surface area contributed by atoms with E-state index in [4.69, 9.17) is 4.74 Å². The number of anilines is 1. The summed E-state index contributed by atoms with van der Waals surface area (Å²) in [4.78, 5) is 10.2. The topological polar surface area (TPSA) is 38.2 Å². The molecule has 0 amide bonds. The van der Waals surface area contributed by atoms with Crippen molar-refractivity contribution in [2.24, 2.45) is 0 Å². The summed E-state index contributed by atoms with van der Waals surface area (Å²) in [6.45, 7) is 4.54. The van der Waals surface area contributed by atoms with E-state index in [9.17, 15) is 4.39 Å². The lowest BCUT2D eigenvalue weighted by Crippen LogP contribution is -2.25. The van der Waals surface area contributed by atoms with Crippen LogP contribution in [0.4, 0.5) is 10.2 Å². The van der Waals surface area contributed by atoms with E-state index in [2.05, 4.69) is 9.97 Å². The first-order chi connectivity index (χ1) is 7.56. The summed E-state index contributed by atoms with van der Waals surface area (Å²) in [6.07, 6.45) is 0.478. The Kier molecular flexibility index (Phi) is 4.61. The molecule has 0 bridgehead atoms. The van der Waals surface area contributed by atoms with E-state index in [0.29, 0.717) is 30.4 Å². The van der Waals surface area contributed by atoms with Crippen molar-refractivity contribution in [2.45, 2.75) is 20.0 Å². The van der Waals surface area contributed by atoms with E-state index in [1.807, 2.05) is 11.9 Å². The first-order valence-electron chi connectivity index (χ1n) is 5.24. The highest BCUT2D eigenvalue weighted by Gasteiger charge is 2.15. The van der Waals surface area contributed by atoms with Gasteiger partial charge in [0.25, 0.3) is 0 Å². The number of aryl methyl sites for hydroxylation is 1. The first kappa shape index (κ1) is 12.8. The molecule has 1 rings (SSSR count). The molecule has 5 heteroatoms. The lowest BCUT2D eigenvalue weighted by molar-refractivity contribution is 0.206. The molecule has 16 heavy (non-hydrogen) atoms. The van der Waals surface area contributed by atoms with Gasteiger partial charge >= 0.3 is 0 Å². The highest BCUT2D eigenvalue weighted by Crippen LogP contribution is 2.25. The fourth-order valence-electron chi connectivity index (χ4n) is 1.39. The zero-order valence-electron chi connectivity index (χ0n) is 10.2. The molecule has 0 aromatic carbocycles. The van der Waals surface area contributed by atoms with E-state index >= 15 is 0 Å². The lowest BCUT2D eigenvalue weighted by Gasteiger charge is -2.21. The Bertz CT molecular complexity index is 344. The minimum Gasteiger partial charge on any atom is -0.383 e. The predicted octanol–water partition coefficient (Wildman–Crippen LogP) is 1.90. The molecule has 0 radical (unpaired) electrons. The summed E-state index contributed by atoms with van der Waals surface area (Å²) in [6, 6.07) is 0. The number of alkyl halides is 1. The van der Waals surface area contributed by atoms with Crippen LogP contribution in [0.15, 0.2) is 6.20 Å². The molecule has 1 aromatic rings. The Morgan fingerprint density at radius 1 is 1.56 bits per heavy atom. The molecule has 1 unspecified atom stereocenters. The molecular weight excluding hydrogens is 209 g/mol. The van der Waals surface area contributed by atoms with Crippen LogP contribution in [0.25, 0.3) is 0 Å². The number of methoxy groups -OCH3 is 1. The lowest BCUT2D eigenvalue weighted by atomic mass is 10.2. The highest BCUT2D eigenvalue weighted by atomic mass is 19.1. The van der Waals surface area contributed by atoms with Crippen LogP contribution in [0.2, 0.25) is 0 Å². The second kappa shape index (κ2) is 5.75. The summed E-state index contributed by atoms with van der Waals surface area (Å²) in [5, 5.41) is 0. The van der Waals surface area contributed by atoms with E-state index in [-0.39, 0.29) is 0 Å². The molecule has 0 saturated carbocycles. The minimum absolute atomic E-state index is 0.518. The summed E-state index contributed by atoms with van der Waals surface area (Å²) in [5.74, 6) is 1.28. The van der Waals surface area contributed by atoms with Crippen LogP contribution in [-0.4, -0.2) is 37.3 Å². The number of nitrogens with zero attached hydrogens (tertiary/aromatic N) is 3. The molecule has 0 saturated heterocycles. The monoisotopic (exact) mass is 227 g/mol. The molecule has 4 nitrogen and oxygen atoms in total. The maximum Gasteiger partial charge on any atom is 0.138 e. The number of likely N-dealkylation sites (N-methyl/N-ethyl adjacent to an activating group) is 1. The second-order valence-corrected chi connectivity index (χ2v) is 3.73. The average molecular weight is 227 g/mol. The standard InChI is InChI=1S/C11H18FN3O/c1-8(12)10-7-13-9(2)14-11(10)15(3)5-6-16-4/h7-8H,5-6H2,1-4H3. The van der Waals surface area contributed by atoms with Crippen LogP contribution in [0, 0.1) is 6.92 Å². The SMILES string of the molecule is COCCN(C)c1nc(C)ncc1C(C)F. The van der Waals surface area contributed by atoms with Gasteiger partial charge in [-0.3, -0.25) is 0 Å². The molecule has 90 valence electrons. The van der Waals surface area contributed by atoms with Crippen LogP contribution in [0.1, 0.15) is 24.5 Å². The molecule has 0 aliphatic heterocycles. The molecule has 0 spiro atoms. The van der Waals surface area contributed by atoms with Gasteiger partial charge in [0, 0.05) is 32.5 Å². The fraction of sp³-hybridized carbons (Fsp3) is 0.636. The summed E-state index contributed by atoms with van der Waals surface area (Å²) in [7, 11) is 3.50. The van der Waals surface area contributed by atoms with Crippen molar-refractivity contribution in [3.8, 4) is 0 Å². The average Bonchev–Trinajstić information content (AvgIpc) is 2.25. The van der Waals surface area contributed by atoms with Crippen LogP contribution >= 0.6 is 0 Å². The molecular formula is C11H18FN3O. The molecule has 0 N–H and O–H groups in total. The van der Waals surface area contributed by atoms with E-state index in [0.717, 1.165) is 0 Å². The van der Waals surface area contributed by atoms with Gasteiger partial charge in [0.15, 0.2) is 0 Å². The second-order valence-electron chi connectivity index (χ2n) is 3.73. The van der Waals surface area contributed by atoms with Gasteiger partial charge < -0.3 is 9.64 Å². The quantitative estimate of drug-likeness (QED) is 0.770. The zero-order chi connectivity index (χ0) is 12.1. The smallest absolute Gasteiger partial charge is 0.138 e. The Balaban J connectivity index is 2.95. The van der Waals surface area contributed by atoms with Crippen LogP contribution in [0.5, 0.6) is 0 Å². The molecule has 0 aliphatic rings. The molecule has 0 aliphatic carbocycles. The Morgan fingerprint density at radius 3 is 2.81 bits per heavy atom. The van der Waals surface area contributed by atoms with Gasteiger partial charge in [-0.05, 0) is 13.8 Å². The van der Waals surface area contributed by atoms with Gasteiger partial charge in [0.1, 0.15) is 17.8 Å². The molecule has 1 heterocycles. The van der Waals surface area contributed by atoms with Crippen LogP contribution < -0.4 is 4.90 Å². The maximum absolute atomic E-state index is 13.4. The minimum atomic E-state index is -1.07. The number of ether oxygens (including phenoxy) is 1. The van der Waals surface area contributed by atoms with Crippen molar-refractivity contribution in [3.05, 3.63) is 17.6 Å². The Labute approximate surface area is 95.5 Å².